The van der Waals surface area contributed by atoms with Crippen LogP contribution in [0, 0.1) is 11.6 Å². The van der Waals surface area contributed by atoms with Crippen LogP contribution in [0.25, 0.3) is 10.9 Å². The lowest BCUT2D eigenvalue weighted by Gasteiger charge is -2.50. The summed E-state index contributed by atoms with van der Waals surface area (Å²) in [6, 6.07) is 8.53. The highest BCUT2D eigenvalue weighted by atomic mass is 32.2. The first-order valence-corrected chi connectivity index (χ1v) is 16.7. The molecule has 18 heteroatoms. The highest BCUT2D eigenvalue weighted by molar-refractivity contribution is 8.00. The van der Waals surface area contributed by atoms with Gasteiger partial charge in [-0.1, -0.05) is 18.2 Å². The number of aliphatic carboxylic acids is 1. The molecule has 4 N–H and O–H groups in total. The fourth-order valence-corrected chi connectivity index (χ4v) is 8.00. The molecule has 2 saturated heterocycles. The van der Waals surface area contributed by atoms with Crippen molar-refractivity contribution < 1.29 is 57.3 Å². The van der Waals surface area contributed by atoms with E-state index in [0.29, 0.717) is 24.4 Å². The first-order chi connectivity index (χ1) is 23.8. The summed E-state index contributed by atoms with van der Waals surface area (Å²) in [5.41, 5.74) is -2.30. The number of alkyl halides is 1. The number of benzene rings is 2. The molecule has 2 aromatic carbocycles. The van der Waals surface area contributed by atoms with Gasteiger partial charge in [0, 0.05) is 17.5 Å². The Labute approximate surface area is 292 Å². The number of carbonyl (C=O) groups is 4. The number of aromatic nitrogens is 1. The molecule has 14 nitrogen and oxygen atoms in total. The molecule has 3 aliphatic rings. The second-order valence-electron chi connectivity index (χ2n) is 12.5. The molecule has 1 aromatic heterocycles. The van der Waals surface area contributed by atoms with Crippen LogP contribution in [0.15, 0.2) is 58.7 Å². The Kier molecular flexibility index (Phi) is 10.7. The first kappa shape index (κ1) is 37.2. The number of nitrogens with zero attached hydrogens (tertiary/aromatic N) is 4. The Bertz CT molecular complexity index is 1990. The number of thioether (sulfide) groups is 1. The summed E-state index contributed by atoms with van der Waals surface area (Å²) in [5, 5.41) is 21.1. The number of β-lactam (4-membered cyclic amide) rings is 1. The molecular weight excluding hydrogens is 699 g/mol. The Morgan fingerprint density at radius 1 is 1.08 bits per heavy atom. The highest BCUT2D eigenvalue weighted by Crippen LogP contribution is 2.41. The quantitative estimate of drug-likeness (QED) is 0.193. The van der Waals surface area contributed by atoms with Crippen LogP contribution in [0.4, 0.5) is 18.9 Å². The summed E-state index contributed by atoms with van der Waals surface area (Å²) in [6.07, 6.45) is 0.849. The molecule has 0 saturated carbocycles. The molecule has 2 atom stereocenters. The molecule has 0 bridgehead atoms. The van der Waals surface area contributed by atoms with Crippen LogP contribution < -0.4 is 20.4 Å². The van der Waals surface area contributed by atoms with Gasteiger partial charge in [0.05, 0.1) is 50.7 Å². The topological polar surface area (TPSA) is 188 Å². The van der Waals surface area contributed by atoms with E-state index >= 15 is 8.78 Å². The molecular formula is C33H34F3N5O9S. The number of hydrogen-bond donors (Lipinski definition) is 3. The van der Waals surface area contributed by atoms with E-state index in [-0.39, 0.29) is 47.7 Å². The molecule has 3 aromatic rings. The number of para-hydroxylation sites is 1. The predicted molar refractivity (Wildman–Crippen MR) is 178 cm³/mol. The van der Waals surface area contributed by atoms with E-state index in [0.717, 1.165) is 16.8 Å². The third kappa shape index (κ3) is 6.98. The van der Waals surface area contributed by atoms with Crippen LogP contribution in [0.1, 0.15) is 10.4 Å². The van der Waals surface area contributed by atoms with Gasteiger partial charge in [0.25, 0.3) is 11.8 Å². The number of aryl methyl sites for hydroxylation is 1. The second kappa shape index (κ2) is 14.7. The van der Waals surface area contributed by atoms with Gasteiger partial charge in [-0.25, -0.2) is 22.8 Å². The number of anilines is 1. The first-order valence-electron chi connectivity index (χ1n) is 15.6. The third-order valence-electron chi connectivity index (χ3n) is 9.17. The van der Waals surface area contributed by atoms with E-state index in [2.05, 4.69) is 5.32 Å². The fraction of sp³-hybridized carbons (Fsp3) is 0.364. The van der Waals surface area contributed by atoms with Gasteiger partial charge in [-0.15, -0.1) is 11.8 Å². The van der Waals surface area contributed by atoms with E-state index in [1.807, 2.05) is 7.05 Å². The SMILES string of the molecule is C[N+]1(CC2=C(C(=O)O)N3C(=O)[C@@H](NC(=O)COc4ccccc4)[C@H]3SC2)CCN(c2c(F)cc3c(=O)c(C(=O)O)cn(CCF)c3c2F)CC1.[OH-]. The van der Waals surface area contributed by atoms with Crippen molar-refractivity contribution in [3.05, 3.63) is 81.3 Å². The number of fused-ring (bicyclic) bond motifs is 2. The van der Waals surface area contributed by atoms with Crippen molar-refractivity contribution in [2.24, 2.45) is 0 Å². The van der Waals surface area contributed by atoms with Crippen LogP contribution in [-0.2, 0) is 20.9 Å². The fourth-order valence-electron chi connectivity index (χ4n) is 6.66. The number of likely N-dealkylation sites (N-methyl/N-ethyl adjacent to an activating group) is 1. The van der Waals surface area contributed by atoms with Gasteiger partial charge in [-0.3, -0.25) is 19.3 Å². The number of halogens is 3. The number of carbonyl (C=O) groups excluding carboxylic acids is 2. The van der Waals surface area contributed by atoms with Crippen molar-refractivity contribution in [2.45, 2.75) is 18.0 Å². The molecule has 0 spiro atoms. The summed E-state index contributed by atoms with van der Waals surface area (Å²) in [5.74, 6) is -5.40. The molecule has 3 aliphatic heterocycles. The summed E-state index contributed by atoms with van der Waals surface area (Å²) in [6.45, 7) is -0.623. The molecule has 0 aliphatic carbocycles. The molecule has 0 radical (unpaired) electrons. The summed E-state index contributed by atoms with van der Waals surface area (Å²) in [7, 11) is 1.87. The van der Waals surface area contributed by atoms with Crippen LogP contribution in [-0.4, -0.2) is 124 Å². The average Bonchev–Trinajstić information content (AvgIpc) is 3.08. The van der Waals surface area contributed by atoms with E-state index in [1.165, 1.54) is 21.6 Å². The molecule has 2 fully saturated rings. The van der Waals surface area contributed by atoms with Gasteiger partial charge in [-0.05, 0) is 18.2 Å². The van der Waals surface area contributed by atoms with E-state index in [4.69, 9.17) is 4.74 Å². The standard InChI is InChI=1S/C33H32F3N5O8S.H2O/c1-41(11-9-38(10-12-41)28-22(35)13-20-27(24(28)36)39(8-7-34)14-21(29(20)43)32(45)46)15-18-17-50-31-25(30(44)40(31)26(18)33(47)48)37-23(42)16-49-19-5-3-2-4-6-19;/h2-6,13-14,25,31H,7-12,15-17H2,1H3,(H2-,37,42,45,46,47,48);1H2/t25-,31-;/m1./s1. The normalized spacial score (nSPS) is 19.6. The van der Waals surface area contributed by atoms with E-state index < -0.39 is 87.6 Å². The monoisotopic (exact) mass is 733 g/mol. The number of hydrogen-bond acceptors (Lipinski definition) is 9. The number of amides is 2. The maximum absolute atomic E-state index is 16.0. The van der Waals surface area contributed by atoms with Crippen LogP contribution in [0.5, 0.6) is 5.75 Å². The van der Waals surface area contributed by atoms with Gasteiger partial charge >= 0.3 is 11.9 Å². The maximum Gasteiger partial charge on any atom is 0.352 e. The van der Waals surface area contributed by atoms with Crippen molar-refractivity contribution in [3.63, 3.8) is 0 Å². The Balaban J connectivity index is 0.00000504. The number of pyridine rings is 1. The minimum absolute atomic E-state index is 0. The van der Waals surface area contributed by atoms with Gasteiger partial charge < -0.3 is 39.7 Å². The van der Waals surface area contributed by atoms with Gasteiger partial charge in [0.1, 0.15) is 53.1 Å². The summed E-state index contributed by atoms with van der Waals surface area (Å²) in [4.78, 5) is 65.0. The molecule has 51 heavy (non-hydrogen) atoms. The number of carboxylic acids is 2. The Morgan fingerprint density at radius 2 is 1.76 bits per heavy atom. The Morgan fingerprint density at radius 3 is 2.39 bits per heavy atom. The van der Waals surface area contributed by atoms with Gasteiger partial charge in [0.2, 0.25) is 5.43 Å². The lowest BCUT2D eigenvalue weighted by atomic mass is 10.0. The third-order valence-corrected chi connectivity index (χ3v) is 10.5. The number of rotatable bonds is 11. The molecule has 272 valence electrons. The van der Waals surface area contributed by atoms with Crippen LogP contribution in [0.2, 0.25) is 0 Å². The zero-order chi connectivity index (χ0) is 35.9. The lowest BCUT2D eigenvalue weighted by Crippen LogP contribution is -2.71. The van der Waals surface area contributed by atoms with Crippen LogP contribution >= 0.6 is 11.8 Å². The minimum Gasteiger partial charge on any atom is -0.870 e. The van der Waals surface area contributed by atoms with Crippen LogP contribution in [0.3, 0.4) is 0 Å². The zero-order valence-electron chi connectivity index (χ0n) is 27.2. The largest absolute Gasteiger partial charge is 0.870 e. The summed E-state index contributed by atoms with van der Waals surface area (Å²) >= 11 is 1.33. The van der Waals surface area contributed by atoms with E-state index in [9.17, 15) is 38.6 Å². The number of quaternary nitrogens is 1. The zero-order valence-corrected chi connectivity index (χ0v) is 28.0. The van der Waals surface area contributed by atoms with Crippen molar-refractivity contribution in [1.82, 2.24) is 14.8 Å². The minimum atomic E-state index is -1.61. The molecule has 4 heterocycles. The molecule has 2 amide bonds. The smallest absolute Gasteiger partial charge is 0.352 e. The number of piperazine rings is 1. The molecule has 6 rings (SSSR count). The number of ether oxygens (including phenoxy) is 1. The van der Waals surface area contributed by atoms with Gasteiger partial charge in [0.15, 0.2) is 12.4 Å². The number of nitrogens with one attached hydrogen (secondary N) is 1. The lowest BCUT2D eigenvalue weighted by molar-refractivity contribution is -0.905. The number of carboxylic acid groups (broad SMARTS) is 2. The van der Waals surface area contributed by atoms with Crippen molar-refractivity contribution >= 4 is 52.1 Å². The molecule has 0 unspecified atom stereocenters. The maximum atomic E-state index is 16.0. The van der Waals surface area contributed by atoms with Crippen molar-refractivity contribution in [3.8, 4) is 5.75 Å². The number of aromatic carboxylic acids is 1. The summed E-state index contributed by atoms with van der Waals surface area (Å²) < 4.78 is 51.5. The second-order valence-corrected chi connectivity index (χ2v) is 13.6. The predicted octanol–water partition coefficient (Wildman–Crippen LogP) is 1.85. The van der Waals surface area contributed by atoms with E-state index in [1.54, 1.807) is 30.3 Å². The highest BCUT2D eigenvalue weighted by Gasteiger charge is 2.55. The van der Waals surface area contributed by atoms with Crippen molar-refractivity contribution in [2.75, 3.05) is 63.7 Å². The Hall–Kier alpha value is -5.07. The average molecular weight is 734 g/mol. The van der Waals surface area contributed by atoms with Gasteiger partial charge in [-0.2, -0.15) is 0 Å². The van der Waals surface area contributed by atoms with Crippen molar-refractivity contribution in [1.29, 1.82) is 0 Å².